The third-order valence-electron chi connectivity index (χ3n) is 2.94. The summed E-state index contributed by atoms with van der Waals surface area (Å²) >= 11 is 0. The molecule has 1 aromatic rings. The van der Waals surface area contributed by atoms with Crippen molar-refractivity contribution < 1.29 is 19.0 Å². The highest BCUT2D eigenvalue weighted by molar-refractivity contribution is 5.77. The smallest absolute Gasteiger partial charge is 0.258 e. The lowest BCUT2D eigenvalue weighted by atomic mass is 10.1. The summed E-state index contributed by atoms with van der Waals surface area (Å²) in [5.74, 6) is -0.0391. The Kier molecular flexibility index (Phi) is 5.76. The van der Waals surface area contributed by atoms with Crippen LogP contribution in [0.3, 0.4) is 0 Å². The van der Waals surface area contributed by atoms with Gasteiger partial charge < -0.3 is 15.2 Å². The van der Waals surface area contributed by atoms with Gasteiger partial charge >= 0.3 is 0 Å². The van der Waals surface area contributed by atoms with E-state index in [0.29, 0.717) is 17.2 Å². The van der Waals surface area contributed by atoms with E-state index in [1.807, 2.05) is 20.8 Å². The Hall–Kier alpha value is -1.62. The molecule has 1 amide bonds. The first-order valence-corrected chi connectivity index (χ1v) is 6.25. The maximum Gasteiger partial charge on any atom is 0.258 e. The summed E-state index contributed by atoms with van der Waals surface area (Å²) in [6.07, 6.45) is 0. The molecule has 4 nitrogen and oxygen atoms in total. The molecule has 1 rings (SSSR count). The fourth-order valence-corrected chi connectivity index (χ4v) is 1.42. The molecule has 0 spiro atoms. The minimum absolute atomic E-state index is 0.0571. The zero-order chi connectivity index (χ0) is 14.4. The quantitative estimate of drug-likeness (QED) is 0.828. The number of halogens is 1. The Labute approximate surface area is 112 Å². The average molecular weight is 269 g/mol. The molecule has 2 N–H and O–H groups in total. The lowest BCUT2D eigenvalue weighted by molar-refractivity contribution is -0.124. The van der Waals surface area contributed by atoms with Gasteiger partial charge in [0.2, 0.25) is 0 Å². The SMILES string of the molecule is CC(C)C(C)NC(=O)COc1ccc(F)cc1CO. The van der Waals surface area contributed by atoms with Crippen LogP contribution in [-0.4, -0.2) is 23.7 Å². The van der Waals surface area contributed by atoms with Gasteiger partial charge in [0.25, 0.3) is 5.91 Å². The van der Waals surface area contributed by atoms with Gasteiger partial charge in [0.1, 0.15) is 11.6 Å². The Bertz CT molecular complexity index is 435. The maximum absolute atomic E-state index is 12.9. The molecule has 0 aliphatic heterocycles. The maximum atomic E-state index is 12.9. The Morgan fingerprint density at radius 2 is 2.11 bits per heavy atom. The number of rotatable bonds is 6. The molecule has 0 aliphatic rings. The van der Waals surface area contributed by atoms with Gasteiger partial charge in [0, 0.05) is 11.6 Å². The summed E-state index contributed by atoms with van der Waals surface area (Å²) in [4.78, 5) is 11.6. The van der Waals surface area contributed by atoms with Crippen LogP contribution in [0.15, 0.2) is 18.2 Å². The van der Waals surface area contributed by atoms with Crippen LogP contribution in [0.2, 0.25) is 0 Å². The molecular weight excluding hydrogens is 249 g/mol. The van der Waals surface area contributed by atoms with Crippen molar-refractivity contribution in [3.05, 3.63) is 29.6 Å². The van der Waals surface area contributed by atoms with Gasteiger partial charge in [-0.25, -0.2) is 4.39 Å². The van der Waals surface area contributed by atoms with Gasteiger partial charge in [-0.15, -0.1) is 0 Å². The van der Waals surface area contributed by atoms with Crippen molar-refractivity contribution in [2.75, 3.05) is 6.61 Å². The fourth-order valence-electron chi connectivity index (χ4n) is 1.42. The molecule has 0 saturated carbocycles. The molecule has 0 fully saturated rings. The van der Waals surface area contributed by atoms with Gasteiger partial charge in [-0.2, -0.15) is 0 Å². The molecule has 5 heteroatoms. The predicted octanol–water partition coefficient (Wildman–Crippen LogP) is 1.86. The van der Waals surface area contributed by atoms with Gasteiger partial charge in [-0.1, -0.05) is 13.8 Å². The van der Waals surface area contributed by atoms with Crippen LogP contribution >= 0.6 is 0 Å². The zero-order valence-electron chi connectivity index (χ0n) is 11.4. The monoisotopic (exact) mass is 269 g/mol. The molecule has 1 atom stereocenters. The number of ether oxygens (including phenoxy) is 1. The molecule has 1 aromatic carbocycles. The topological polar surface area (TPSA) is 58.6 Å². The third kappa shape index (κ3) is 4.87. The Morgan fingerprint density at radius 1 is 1.42 bits per heavy atom. The zero-order valence-corrected chi connectivity index (χ0v) is 11.4. The average Bonchev–Trinajstić information content (AvgIpc) is 2.36. The number of aliphatic hydroxyl groups is 1. The van der Waals surface area contributed by atoms with E-state index in [-0.39, 0.29) is 25.2 Å². The Balaban J connectivity index is 2.55. The summed E-state index contributed by atoms with van der Waals surface area (Å²) in [6, 6.07) is 3.87. The summed E-state index contributed by atoms with van der Waals surface area (Å²) in [6.45, 7) is 5.44. The summed E-state index contributed by atoms with van der Waals surface area (Å²) in [5.41, 5.74) is 0.324. The first-order chi connectivity index (χ1) is 8.93. The van der Waals surface area contributed by atoms with Crippen molar-refractivity contribution in [2.45, 2.75) is 33.4 Å². The van der Waals surface area contributed by atoms with Crippen molar-refractivity contribution >= 4 is 5.91 Å². The highest BCUT2D eigenvalue weighted by Crippen LogP contribution is 2.19. The normalized spacial score (nSPS) is 12.3. The largest absolute Gasteiger partial charge is 0.483 e. The molecule has 0 radical (unpaired) electrons. The van der Waals surface area contributed by atoms with Crippen LogP contribution in [0, 0.1) is 11.7 Å². The minimum Gasteiger partial charge on any atom is -0.483 e. The number of hydrogen-bond acceptors (Lipinski definition) is 3. The van der Waals surface area contributed by atoms with Crippen molar-refractivity contribution in [3.63, 3.8) is 0 Å². The van der Waals surface area contributed by atoms with Gasteiger partial charge in [-0.3, -0.25) is 4.79 Å². The van der Waals surface area contributed by atoms with Crippen LogP contribution in [0.1, 0.15) is 26.3 Å². The Morgan fingerprint density at radius 3 is 2.68 bits per heavy atom. The molecule has 0 aliphatic carbocycles. The van der Waals surface area contributed by atoms with Gasteiger partial charge in [0.05, 0.1) is 6.61 Å². The number of amides is 1. The second-order valence-corrected chi connectivity index (χ2v) is 4.80. The van der Waals surface area contributed by atoms with Crippen LogP contribution in [0.25, 0.3) is 0 Å². The summed E-state index contributed by atoms with van der Waals surface area (Å²) in [5, 5.41) is 11.9. The predicted molar refractivity (Wildman–Crippen MR) is 70.3 cm³/mol. The van der Waals surface area contributed by atoms with Crippen LogP contribution in [0.4, 0.5) is 4.39 Å². The van der Waals surface area contributed by atoms with E-state index < -0.39 is 5.82 Å². The van der Waals surface area contributed by atoms with E-state index in [0.717, 1.165) is 0 Å². The number of carbonyl (C=O) groups is 1. The second-order valence-electron chi connectivity index (χ2n) is 4.80. The highest BCUT2D eigenvalue weighted by atomic mass is 19.1. The number of carbonyl (C=O) groups excluding carboxylic acids is 1. The third-order valence-corrected chi connectivity index (χ3v) is 2.94. The molecule has 1 unspecified atom stereocenters. The number of hydrogen-bond donors (Lipinski definition) is 2. The molecule has 19 heavy (non-hydrogen) atoms. The van der Waals surface area contributed by atoms with Crippen LogP contribution < -0.4 is 10.1 Å². The molecule has 0 saturated heterocycles. The number of nitrogens with one attached hydrogen (secondary N) is 1. The van der Waals surface area contributed by atoms with Crippen molar-refractivity contribution in [2.24, 2.45) is 5.92 Å². The molecule has 106 valence electrons. The van der Waals surface area contributed by atoms with E-state index in [1.165, 1.54) is 18.2 Å². The standard InChI is InChI=1S/C14H20FNO3/c1-9(2)10(3)16-14(18)8-19-13-5-4-12(15)6-11(13)7-17/h4-6,9-10,17H,7-8H2,1-3H3,(H,16,18). The summed E-state index contributed by atoms with van der Waals surface area (Å²) in [7, 11) is 0. The van der Waals surface area contributed by atoms with Crippen LogP contribution in [-0.2, 0) is 11.4 Å². The van der Waals surface area contributed by atoms with Gasteiger partial charge in [0.15, 0.2) is 6.61 Å². The highest BCUT2D eigenvalue weighted by Gasteiger charge is 2.12. The van der Waals surface area contributed by atoms with Gasteiger partial charge in [-0.05, 0) is 31.0 Å². The second kappa shape index (κ2) is 7.09. The van der Waals surface area contributed by atoms with Crippen molar-refractivity contribution in [3.8, 4) is 5.75 Å². The number of aliphatic hydroxyl groups excluding tert-OH is 1. The van der Waals surface area contributed by atoms with E-state index in [9.17, 15) is 9.18 Å². The molecular formula is C14H20FNO3. The number of benzene rings is 1. The lowest BCUT2D eigenvalue weighted by Gasteiger charge is -2.18. The van der Waals surface area contributed by atoms with Crippen molar-refractivity contribution in [1.82, 2.24) is 5.32 Å². The van der Waals surface area contributed by atoms with E-state index in [1.54, 1.807) is 0 Å². The molecule has 0 heterocycles. The molecule has 0 bridgehead atoms. The van der Waals surface area contributed by atoms with E-state index in [4.69, 9.17) is 9.84 Å². The lowest BCUT2D eigenvalue weighted by Crippen LogP contribution is -2.39. The minimum atomic E-state index is -0.450. The first kappa shape index (κ1) is 15.4. The molecule has 0 aromatic heterocycles. The van der Waals surface area contributed by atoms with Crippen molar-refractivity contribution in [1.29, 1.82) is 0 Å². The first-order valence-electron chi connectivity index (χ1n) is 6.25. The van der Waals surface area contributed by atoms with E-state index >= 15 is 0 Å². The fraction of sp³-hybridized carbons (Fsp3) is 0.500. The summed E-state index contributed by atoms with van der Waals surface area (Å²) < 4.78 is 18.2. The van der Waals surface area contributed by atoms with Crippen LogP contribution in [0.5, 0.6) is 5.75 Å². The van der Waals surface area contributed by atoms with E-state index in [2.05, 4.69) is 5.32 Å².